The van der Waals surface area contributed by atoms with Crippen molar-refractivity contribution in [3.05, 3.63) is 66.0 Å². The molecule has 2 aliphatic rings. The van der Waals surface area contributed by atoms with Gasteiger partial charge in [0.25, 0.3) is 0 Å². The Morgan fingerprint density at radius 3 is 2.84 bits per heavy atom. The number of anilines is 1. The summed E-state index contributed by atoms with van der Waals surface area (Å²) in [5.41, 5.74) is 16.0. The van der Waals surface area contributed by atoms with Crippen LogP contribution in [0.25, 0.3) is 11.2 Å². The molecule has 7 N–H and O–H groups in total. The van der Waals surface area contributed by atoms with Crippen molar-refractivity contribution in [1.29, 1.82) is 0 Å². The van der Waals surface area contributed by atoms with Gasteiger partial charge in [-0.3, -0.25) is 18.9 Å². The van der Waals surface area contributed by atoms with E-state index in [4.69, 9.17) is 16.2 Å². The summed E-state index contributed by atoms with van der Waals surface area (Å²) in [5, 5.41) is 28.8. The normalized spacial score (nSPS) is 23.0. The van der Waals surface area contributed by atoms with E-state index in [1.807, 2.05) is 16.8 Å². The number of amides is 1. The largest absolute Gasteiger partial charge is 0.387 e. The number of benzene rings is 1. The second-order valence-electron chi connectivity index (χ2n) is 10.9. The van der Waals surface area contributed by atoms with Gasteiger partial charge in [-0.15, -0.1) is 0 Å². The number of carbonyl (C=O) groups excluding carboxylic acids is 1. The molecule has 6 rings (SSSR count). The second kappa shape index (κ2) is 13.0. The summed E-state index contributed by atoms with van der Waals surface area (Å²) >= 11 is 1.49. The van der Waals surface area contributed by atoms with E-state index in [1.165, 1.54) is 30.0 Å². The zero-order valence-corrected chi connectivity index (χ0v) is 24.4. The van der Waals surface area contributed by atoms with Crippen molar-refractivity contribution < 1.29 is 19.7 Å². The zero-order valence-electron chi connectivity index (χ0n) is 23.6. The van der Waals surface area contributed by atoms with Gasteiger partial charge in [-0.05, 0) is 23.8 Å². The van der Waals surface area contributed by atoms with Crippen LogP contribution in [0.1, 0.15) is 29.6 Å². The van der Waals surface area contributed by atoms with Gasteiger partial charge >= 0.3 is 0 Å². The predicted octanol–water partition coefficient (Wildman–Crippen LogP) is 0.00700. The highest BCUT2D eigenvalue weighted by atomic mass is 32.2. The highest BCUT2D eigenvalue weighted by Crippen LogP contribution is 2.33. The Bertz CT molecular complexity index is 1550. The maximum Gasteiger partial charge on any atom is 0.237 e. The quantitative estimate of drug-likeness (QED) is 0.143. The minimum Gasteiger partial charge on any atom is -0.387 e. The molecular formula is C28H36N10O4S. The molecule has 0 saturated carbocycles. The number of aromatic nitrogens is 6. The smallest absolute Gasteiger partial charge is 0.237 e. The number of ether oxygens (including phenoxy) is 1. The number of nitrogens with two attached hydrogens (primary N) is 2. The molecule has 14 nitrogen and oxygen atoms in total. The first-order valence-corrected chi connectivity index (χ1v) is 15.4. The van der Waals surface area contributed by atoms with Crippen molar-refractivity contribution in [3.8, 4) is 0 Å². The van der Waals surface area contributed by atoms with Gasteiger partial charge in [0.15, 0.2) is 17.7 Å². The molecule has 0 radical (unpaired) electrons. The number of rotatable bonds is 11. The molecule has 1 aromatic carbocycles. The summed E-state index contributed by atoms with van der Waals surface area (Å²) in [7, 11) is 0. The number of aliphatic hydroxyl groups is 2. The molecule has 0 spiro atoms. The fraction of sp³-hybridized carbons (Fsp3) is 0.464. The minimum atomic E-state index is -1.17. The molecule has 1 saturated heterocycles. The molecule has 43 heavy (non-hydrogen) atoms. The summed E-state index contributed by atoms with van der Waals surface area (Å²) in [6.45, 7) is 3.76. The van der Waals surface area contributed by atoms with Crippen LogP contribution in [-0.2, 0) is 35.7 Å². The number of carbonyl (C=O) groups is 1. The van der Waals surface area contributed by atoms with Gasteiger partial charge in [0.1, 0.15) is 24.1 Å². The van der Waals surface area contributed by atoms with Crippen LogP contribution in [-0.4, -0.2) is 92.7 Å². The number of hydrogen-bond donors (Lipinski definition) is 5. The third kappa shape index (κ3) is 6.51. The summed E-state index contributed by atoms with van der Waals surface area (Å²) < 4.78 is 9.53. The molecule has 228 valence electrons. The summed E-state index contributed by atoms with van der Waals surface area (Å²) in [4.78, 5) is 27.3. The third-order valence-electron chi connectivity index (χ3n) is 7.81. The van der Waals surface area contributed by atoms with Gasteiger partial charge in [0.2, 0.25) is 5.91 Å². The van der Waals surface area contributed by atoms with Gasteiger partial charge in [-0.1, -0.05) is 30.3 Å². The average Bonchev–Trinajstić information content (AvgIpc) is 3.70. The first-order chi connectivity index (χ1) is 20.9. The lowest BCUT2D eigenvalue weighted by Crippen LogP contribution is -2.40. The zero-order chi connectivity index (χ0) is 29.9. The molecule has 1 fully saturated rings. The van der Waals surface area contributed by atoms with Crippen molar-refractivity contribution in [2.45, 2.75) is 63.2 Å². The lowest BCUT2D eigenvalue weighted by molar-refractivity contribution is -0.122. The van der Waals surface area contributed by atoms with E-state index in [9.17, 15) is 15.0 Å². The van der Waals surface area contributed by atoms with E-state index in [0.29, 0.717) is 35.6 Å². The Labute approximate surface area is 252 Å². The van der Waals surface area contributed by atoms with E-state index in [-0.39, 0.29) is 11.7 Å². The van der Waals surface area contributed by atoms with Crippen LogP contribution in [0.5, 0.6) is 0 Å². The van der Waals surface area contributed by atoms with Gasteiger partial charge in [-0.2, -0.15) is 16.9 Å². The predicted molar refractivity (Wildman–Crippen MR) is 160 cm³/mol. The van der Waals surface area contributed by atoms with Gasteiger partial charge in [0, 0.05) is 25.4 Å². The highest BCUT2D eigenvalue weighted by molar-refractivity contribution is 7.99. The molecule has 0 bridgehead atoms. The molecule has 15 heteroatoms. The first-order valence-electron chi connectivity index (χ1n) is 14.2. The number of thioether (sulfide) groups is 1. The Morgan fingerprint density at radius 2 is 2.00 bits per heavy atom. The van der Waals surface area contributed by atoms with Crippen molar-refractivity contribution in [2.75, 3.05) is 23.8 Å². The lowest BCUT2D eigenvalue weighted by atomic mass is 10.1. The molecule has 3 aromatic heterocycles. The van der Waals surface area contributed by atoms with Crippen LogP contribution in [0.2, 0.25) is 0 Å². The topological polar surface area (TPSA) is 195 Å². The summed E-state index contributed by atoms with van der Waals surface area (Å²) in [5.74, 6) is 0.974. The van der Waals surface area contributed by atoms with Gasteiger partial charge < -0.3 is 31.7 Å². The van der Waals surface area contributed by atoms with Crippen LogP contribution in [0.3, 0.4) is 0 Å². The van der Waals surface area contributed by atoms with Crippen molar-refractivity contribution in [3.63, 3.8) is 0 Å². The number of imidazole rings is 1. The minimum absolute atomic E-state index is 0.221. The molecule has 4 aromatic rings. The summed E-state index contributed by atoms with van der Waals surface area (Å²) in [6, 6.07) is 11.8. The van der Waals surface area contributed by atoms with Crippen molar-refractivity contribution in [2.24, 2.45) is 5.73 Å². The Balaban J connectivity index is 0.926. The molecular weight excluding hydrogens is 572 g/mol. The second-order valence-corrected chi connectivity index (χ2v) is 12.0. The van der Waals surface area contributed by atoms with E-state index >= 15 is 0 Å². The van der Waals surface area contributed by atoms with Gasteiger partial charge in [0.05, 0.1) is 43.0 Å². The average molecular weight is 609 g/mol. The molecule has 1 amide bonds. The van der Waals surface area contributed by atoms with Crippen LogP contribution in [0, 0.1) is 0 Å². The number of hydrogen-bond acceptors (Lipinski definition) is 12. The third-order valence-corrected chi connectivity index (χ3v) is 8.90. The van der Waals surface area contributed by atoms with Crippen molar-refractivity contribution in [1.82, 2.24) is 39.5 Å². The Hall–Kier alpha value is -3.60. The van der Waals surface area contributed by atoms with Gasteiger partial charge in [-0.25, -0.2) is 15.0 Å². The Morgan fingerprint density at radius 1 is 1.16 bits per heavy atom. The van der Waals surface area contributed by atoms with Crippen LogP contribution < -0.4 is 16.8 Å². The van der Waals surface area contributed by atoms with Crippen molar-refractivity contribution >= 4 is 34.7 Å². The van der Waals surface area contributed by atoms with E-state index in [0.717, 1.165) is 37.6 Å². The van der Waals surface area contributed by atoms with E-state index < -0.39 is 30.6 Å². The number of fused-ring (bicyclic) bond motifs is 2. The van der Waals surface area contributed by atoms with Crippen LogP contribution >= 0.6 is 11.8 Å². The number of nitrogen functional groups attached to an aromatic ring is 1. The monoisotopic (exact) mass is 608 g/mol. The Kier molecular flexibility index (Phi) is 8.88. The maximum atomic E-state index is 12.7. The molecule has 0 unspecified atom stereocenters. The van der Waals surface area contributed by atoms with E-state index in [1.54, 1.807) is 4.57 Å². The fourth-order valence-electron chi connectivity index (χ4n) is 5.45. The standard InChI is InChI=1S/C28H36N10O4S/c29-20(27(41)31-11-18-10-19-13-36(7-8-38(19)35-18)12-17-4-2-1-3-5-17)6-9-43-14-21-23(39)24(40)28(42-21)37-16-34-22-25(30)32-15-33-26(22)37/h1-5,10,15-16,20-21,23-24,28,39-40H,6-9,11-14,29H2,(H,31,41)(H2,30,32,33)/t20-,21+,23+,24+,28+/m0/s1. The lowest BCUT2D eigenvalue weighted by Gasteiger charge is -2.27. The highest BCUT2D eigenvalue weighted by Gasteiger charge is 2.44. The first kappa shape index (κ1) is 29.5. The summed E-state index contributed by atoms with van der Waals surface area (Å²) in [6.07, 6.45) is -0.546. The number of nitrogens with one attached hydrogen (secondary N) is 1. The SMILES string of the molecule is Nc1ncnc2c1ncn2[C@@H]1O[C@H](CSCC[C@H](N)C(=O)NCc2cc3n(n2)CCN(Cc2ccccc2)C3)[C@@H](O)[C@H]1O. The molecule has 5 heterocycles. The number of aliphatic hydroxyl groups excluding tert-OH is 2. The molecule has 5 atom stereocenters. The molecule has 0 aliphatic carbocycles. The molecule has 2 aliphatic heterocycles. The maximum absolute atomic E-state index is 12.7. The van der Waals surface area contributed by atoms with Crippen LogP contribution in [0.4, 0.5) is 5.82 Å². The number of nitrogens with zero attached hydrogens (tertiary/aromatic N) is 7. The van der Waals surface area contributed by atoms with Crippen LogP contribution in [0.15, 0.2) is 49.1 Å². The fourth-order valence-corrected chi connectivity index (χ4v) is 6.54. The van der Waals surface area contributed by atoms with E-state index in [2.05, 4.69) is 54.5 Å².